The first-order chi connectivity index (χ1) is 8.03. The Balaban J connectivity index is 2.33. The first-order valence-electron chi connectivity index (χ1n) is 6.51. The lowest BCUT2D eigenvalue weighted by atomic mass is 10.0. The molecule has 0 fully saturated rings. The van der Waals surface area contributed by atoms with Crippen molar-refractivity contribution in [1.82, 2.24) is 10.2 Å². The normalized spacial score (nSPS) is 12.1. The van der Waals surface area contributed by atoms with Gasteiger partial charge in [0.25, 0.3) is 0 Å². The van der Waals surface area contributed by atoms with E-state index in [9.17, 15) is 0 Å². The van der Waals surface area contributed by atoms with Crippen LogP contribution in [0.2, 0.25) is 0 Å². The van der Waals surface area contributed by atoms with Gasteiger partial charge >= 0.3 is 0 Å². The first-order valence-corrected chi connectivity index (χ1v) is 6.51. The average molecular weight is 234 g/mol. The minimum Gasteiger partial charge on any atom is -0.311 e. The molecule has 0 amide bonds. The molecule has 0 saturated carbocycles. The van der Waals surface area contributed by atoms with Gasteiger partial charge in [0.1, 0.15) is 0 Å². The van der Waals surface area contributed by atoms with Gasteiger partial charge in [-0.2, -0.15) is 0 Å². The Morgan fingerprint density at radius 1 is 1.18 bits per heavy atom. The SMILES string of the molecule is CCNC(C)(C)CN(C)CCc1ccccc1. The van der Waals surface area contributed by atoms with Gasteiger partial charge < -0.3 is 10.2 Å². The molecule has 0 spiro atoms. The number of nitrogens with zero attached hydrogens (tertiary/aromatic N) is 1. The molecule has 2 heteroatoms. The van der Waals surface area contributed by atoms with Crippen LogP contribution in [0.25, 0.3) is 0 Å². The maximum atomic E-state index is 3.51. The zero-order chi connectivity index (χ0) is 12.7. The summed E-state index contributed by atoms with van der Waals surface area (Å²) in [6.07, 6.45) is 1.12. The fourth-order valence-corrected chi connectivity index (χ4v) is 2.25. The summed E-state index contributed by atoms with van der Waals surface area (Å²) in [5.41, 5.74) is 1.61. The molecule has 96 valence electrons. The molecule has 0 aliphatic heterocycles. The number of likely N-dealkylation sites (N-methyl/N-ethyl adjacent to an activating group) is 2. The molecule has 0 aliphatic carbocycles. The molecule has 0 saturated heterocycles. The average Bonchev–Trinajstić information content (AvgIpc) is 2.27. The molecule has 0 aromatic heterocycles. The van der Waals surface area contributed by atoms with E-state index in [4.69, 9.17) is 0 Å². The molecule has 0 aliphatic rings. The standard InChI is InChI=1S/C15H26N2/c1-5-16-15(2,3)13-17(4)12-11-14-9-7-6-8-10-14/h6-10,16H,5,11-13H2,1-4H3. The molecule has 0 unspecified atom stereocenters. The van der Waals surface area contributed by atoms with Crippen molar-refractivity contribution in [2.24, 2.45) is 0 Å². The fraction of sp³-hybridized carbons (Fsp3) is 0.600. The van der Waals surface area contributed by atoms with Gasteiger partial charge in [-0.15, -0.1) is 0 Å². The second kappa shape index (κ2) is 6.77. The highest BCUT2D eigenvalue weighted by molar-refractivity contribution is 5.14. The van der Waals surface area contributed by atoms with Crippen LogP contribution in [-0.4, -0.2) is 37.1 Å². The van der Waals surface area contributed by atoms with Crippen molar-refractivity contribution < 1.29 is 0 Å². The Kier molecular flexibility index (Phi) is 5.66. The third-order valence-corrected chi connectivity index (χ3v) is 2.95. The van der Waals surface area contributed by atoms with Gasteiger partial charge in [0, 0.05) is 18.6 Å². The van der Waals surface area contributed by atoms with E-state index in [0.29, 0.717) is 0 Å². The molecule has 1 aromatic carbocycles. The van der Waals surface area contributed by atoms with E-state index in [1.165, 1.54) is 5.56 Å². The van der Waals surface area contributed by atoms with Crippen LogP contribution in [0.3, 0.4) is 0 Å². The van der Waals surface area contributed by atoms with Crippen molar-refractivity contribution in [2.75, 3.05) is 26.7 Å². The summed E-state index contributed by atoms with van der Waals surface area (Å²) in [6.45, 7) is 9.89. The maximum absolute atomic E-state index is 3.51. The monoisotopic (exact) mass is 234 g/mol. The van der Waals surface area contributed by atoms with Crippen LogP contribution in [0.1, 0.15) is 26.3 Å². The van der Waals surface area contributed by atoms with Crippen LogP contribution < -0.4 is 5.32 Å². The summed E-state index contributed by atoms with van der Waals surface area (Å²) < 4.78 is 0. The van der Waals surface area contributed by atoms with Gasteiger partial charge in [-0.1, -0.05) is 37.3 Å². The third kappa shape index (κ3) is 5.85. The smallest absolute Gasteiger partial charge is 0.0251 e. The van der Waals surface area contributed by atoms with Crippen molar-refractivity contribution in [3.63, 3.8) is 0 Å². The molecule has 17 heavy (non-hydrogen) atoms. The number of benzene rings is 1. The van der Waals surface area contributed by atoms with E-state index in [1.54, 1.807) is 0 Å². The molecule has 0 bridgehead atoms. The van der Waals surface area contributed by atoms with Gasteiger partial charge in [0.2, 0.25) is 0 Å². The Hall–Kier alpha value is -0.860. The van der Waals surface area contributed by atoms with Crippen LogP contribution >= 0.6 is 0 Å². The second-order valence-corrected chi connectivity index (χ2v) is 5.39. The molecule has 0 radical (unpaired) electrons. The van der Waals surface area contributed by atoms with Gasteiger partial charge in [-0.25, -0.2) is 0 Å². The molecular formula is C15H26N2. The van der Waals surface area contributed by atoms with Gasteiger partial charge in [-0.05, 0) is 39.4 Å². The largest absolute Gasteiger partial charge is 0.311 e. The topological polar surface area (TPSA) is 15.3 Å². The highest BCUT2D eigenvalue weighted by atomic mass is 15.1. The number of nitrogens with one attached hydrogen (secondary N) is 1. The highest BCUT2D eigenvalue weighted by Crippen LogP contribution is 2.06. The fourth-order valence-electron chi connectivity index (χ4n) is 2.25. The van der Waals surface area contributed by atoms with Crippen molar-refractivity contribution in [2.45, 2.75) is 32.7 Å². The number of hydrogen-bond acceptors (Lipinski definition) is 2. The third-order valence-electron chi connectivity index (χ3n) is 2.95. The van der Waals surface area contributed by atoms with E-state index >= 15 is 0 Å². The predicted octanol–water partition coefficient (Wildman–Crippen LogP) is 2.55. The summed E-state index contributed by atoms with van der Waals surface area (Å²) >= 11 is 0. The Bertz CT molecular complexity index is 306. The quantitative estimate of drug-likeness (QED) is 0.780. The molecule has 2 nitrogen and oxygen atoms in total. The summed E-state index contributed by atoms with van der Waals surface area (Å²) in [4.78, 5) is 2.40. The Morgan fingerprint density at radius 3 is 2.41 bits per heavy atom. The second-order valence-electron chi connectivity index (χ2n) is 5.39. The lowest BCUT2D eigenvalue weighted by Crippen LogP contribution is -2.48. The van der Waals surface area contributed by atoms with E-state index in [2.05, 4.69) is 68.4 Å². The van der Waals surface area contributed by atoms with E-state index in [-0.39, 0.29) is 5.54 Å². The minimum absolute atomic E-state index is 0.195. The van der Waals surface area contributed by atoms with Crippen molar-refractivity contribution in [1.29, 1.82) is 0 Å². The molecule has 1 rings (SSSR count). The molecule has 0 atom stereocenters. The Labute approximate surface area is 106 Å². The van der Waals surface area contributed by atoms with Gasteiger partial charge in [-0.3, -0.25) is 0 Å². The van der Waals surface area contributed by atoms with E-state index in [0.717, 1.165) is 26.1 Å². The summed E-state index contributed by atoms with van der Waals surface area (Å²) in [7, 11) is 2.20. The van der Waals surface area contributed by atoms with Gasteiger partial charge in [0.05, 0.1) is 0 Å². The lowest BCUT2D eigenvalue weighted by Gasteiger charge is -2.31. The zero-order valence-corrected chi connectivity index (χ0v) is 11.7. The van der Waals surface area contributed by atoms with Crippen LogP contribution in [0.5, 0.6) is 0 Å². The molecule has 0 heterocycles. The predicted molar refractivity (Wildman–Crippen MR) is 75.4 cm³/mol. The molecule has 1 aromatic rings. The van der Waals surface area contributed by atoms with E-state index < -0.39 is 0 Å². The van der Waals surface area contributed by atoms with Crippen LogP contribution in [0.15, 0.2) is 30.3 Å². The summed E-state index contributed by atoms with van der Waals surface area (Å²) in [5, 5.41) is 3.51. The highest BCUT2D eigenvalue weighted by Gasteiger charge is 2.17. The zero-order valence-electron chi connectivity index (χ0n) is 11.7. The lowest BCUT2D eigenvalue weighted by molar-refractivity contribution is 0.240. The van der Waals surface area contributed by atoms with E-state index in [1.807, 2.05) is 0 Å². The van der Waals surface area contributed by atoms with Crippen molar-refractivity contribution in [3.8, 4) is 0 Å². The van der Waals surface area contributed by atoms with Gasteiger partial charge in [0.15, 0.2) is 0 Å². The van der Waals surface area contributed by atoms with Crippen molar-refractivity contribution in [3.05, 3.63) is 35.9 Å². The first kappa shape index (κ1) is 14.2. The van der Waals surface area contributed by atoms with Crippen molar-refractivity contribution >= 4 is 0 Å². The Morgan fingerprint density at radius 2 is 1.82 bits per heavy atom. The summed E-state index contributed by atoms with van der Waals surface area (Å²) in [5.74, 6) is 0. The maximum Gasteiger partial charge on any atom is 0.0251 e. The molecular weight excluding hydrogens is 208 g/mol. The molecule has 1 N–H and O–H groups in total. The number of rotatable bonds is 7. The van der Waals surface area contributed by atoms with Crippen LogP contribution in [-0.2, 0) is 6.42 Å². The van der Waals surface area contributed by atoms with Crippen LogP contribution in [0, 0.1) is 0 Å². The minimum atomic E-state index is 0.195. The van der Waals surface area contributed by atoms with Crippen LogP contribution in [0.4, 0.5) is 0 Å². The number of hydrogen-bond donors (Lipinski definition) is 1. The summed E-state index contributed by atoms with van der Waals surface area (Å²) in [6, 6.07) is 10.7.